The number of nitrogens with one attached hydrogen (secondary N) is 1. The fourth-order valence-electron chi connectivity index (χ4n) is 2.53. The van der Waals surface area contributed by atoms with Gasteiger partial charge in [-0.25, -0.2) is 4.79 Å². The Bertz CT molecular complexity index is 951. The van der Waals surface area contributed by atoms with Crippen molar-refractivity contribution in [2.75, 3.05) is 5.32 Å². The number of carboxylic acids is 1. The number of carboxylic acid groups (broad SMARTS) is 1. The van der Waals surface area contributed by atoms with E-state index in [1.54, 1.807) is 48.8 Å². The molecule has 3 aromatic rings. The third kappa shape index (κ3) is 3.72. The predicted molar refractivity (Wildman–Crippen MR) is 95.8 cm³/mol. The van der Waals surface area contributed by atoms with Crippen LogP contribution in [0.4, 0.5) is 5.69 Å². The number of aromatic carboxylic acids is 1. The van der Waals surface area contributed by atoms with Gasteiger partial charge in [0.05, 0.1) is 11.3 Å². The Labute approximate surface area is 145 Å². The summed E-state index contributed by atoms with van der Waals surface area (Å²) in [4.78, 5) is 27.9. The van der Waals surface area contributed by atoms with Crippen LogP contribution in [-0.4, -0.2) is 22.0 Å². The number of benzene rings is 2. The van der Waals surface area contributed by atoms with Crippen LogP contribution >= 0.6 is 0 Å². The van der Waals surface area contributed by atoms with Gasteiger partial charge in [0.25, 0.3) is 5.91 Å². The van der Waals surface area contributed by atoms with E-state index in [1.165, 1.54) is 6.07 Å². The quantitative estimate of drug-likeness (QED) is 0.756. The summed E-state index contributed by atoms with van der Waals surface area (Å²) in [5, 5.41) is 11.9. The molecular weight excluding hydrogens is 316 g/mol. The minimum absolute atomic E-state index is 0.0508. The molecule has 3 rings (SSSR count). The van der Waals surface area contributed by atoms with Crippen molar-refractivity contribution in [3.63, 3.8) is 0 Å². The molecule has 0 bridgehead atoms. The molecule has 0 fully saturated rings. The van der Waals surface area contributed by atoms with Crippen LogP contribution < -0.4 is 5.32 Å². The summed E-state index contributed by atoms with van der Waals surface area (Å²) < 4.78 is 0. The Morgan fingerprint density at radius 1 is 0.960 bits per heavy atom. The number of carbonyl (C=O) groups is 2. The molecule has 2 aromatic carbocycles. The largest absolute Gasteiger partial charge is 0.478 e. The van der Waals surface area contributed by atoms with Gasteiger partial charge in [-0.15, -0.1) is 0 Å². The standard InChI is InChI=1S/C20H16N2O3/c1-13-9-16(12-21-11-13)14-5-4-6-15(10-14)19(23)22-18-8-3-2-7-17(18)20(24)25/h2-12H,1H3,(H,22,23)(H,24,25). The van der Waals surface area contributed by atoms with Gasteiger partial charge in [0, 0.05) is 23.5 Å². The molecule has 0 atom stereocenters. The molecule has 1 amide bonds. The van der Waals surface area contributed by atoms with Gasteiger partial charge in [0.1, 0.15) is 0 Å². The molecule has 1 heterocycles. The first-order valence-corrected chi connectivity index (χ1v) is 7.70. The Morgan fingerprint density at radius 2 is 1.76 bits per heavy atom. The molecule has 0 aliphatic heterocycles. The Balaban J connectivity index is 1.89. The van der Waals surface area contributed by atoms with Gasteiger partial charge < -0.3 is 10.4 Å². The van der Waals surface area contributed by atoms with Crippen molar-refractivity contribution >= 4 is 17.6 Å². The summed E-state index contributed by atoms with van der Waals surface area (Å²) >= 11 is 0. The van der Waals surface area contributed by atoms with Gasteiger partial charge in [0.2, 0.25) is 0 Å². The number of para-hydroxylation sites is 1. The monoisotopic (exact) mass is 332 g/mol. The third-order valence-corrected chi connectivity index (χ3v) is 3.74. The van der Waals surface area contributed by atoms with E-state index in [9.17, 15) is 14.7 Å². The maximum Gasteiger partial charge on any atom is 0.337 e. The summed E-state index contributed by atoms with van der Waals surface area (Å²) in [6.07, 6.45) is 3.51. The van der Waals surface area contributed by atoms with Crippen molar-refractivity contribution in [3.8, 4) is 11.1 Å². The summed E-state index contributed by atoms with van der Waals surface area (Å²) in [5.74, 6) is -1.45. The first kappa shape index (κ1) is 16.4. The molecule has 0 radical (unpaired) electrons. The topological polar surface area (TPSA) is 79.3 Å². The number of pyridine rings is 1. The lowest BCUT2D eigenvalue weighted by Crippen LogP contribution is -2.14. The lowest BCUT2D eigenvalue weighted by Gasteiger charge is -2.09. The molecule has 5 heteroatoms. The lowest BCUT2D eigenvalue weighted by atomic mass is 10.0. The van der Waals surface area contributed by atoms with E-state index < -0.39 is 5.97 Å². The molecule has 0 unspecified atom stereocenters. The van der Waals surface area contributed by atoms with E-state index in [2.05, 4.69) is 10.3 Å². The number of aryl methyl sites for hydroxylation is 1. The number of nitrogens with zero attached hydrogens (tertiary/aromatic N) is 1. The maximum atomic E-state index is 12.5. The first-order valence-electron chi connectivity index (χ1n) is 7.70. The summed E-state index contributed by atoms with van der Waals surface area (Å²) in [6, 6.07) is 15.4. The number of rotatable bonds is 4. The highest BCUT2D eigenvalue weighted by molar-refractivity contribution is 6.08. The number of amides is 1. The van der Waals surface area contributed by atoms with Gasteiger partial charge in [0.15, 0.2) is 0 Å². The molecule has 2 N–H and O–H groups in total. The maximum absolute atomic E-state index is 12.5. The van der Waals surface area contributed by atoms with Crippen molar-refractivity contribution in [3.05, 3.63) is 83.7 Å². The first-order chi connectivity index (χ1) is 12.0. The van der Waals surface area contributed by atoms with E-state index >= 15 is 0 Å². The van der Waals surface area contributed by atoms with E-state index in [-0.39, 0.29) is 17.2 Å². The SMILES string of the molecule is Cc1cncc(-c2cccc(C(=O)Nc3ccccc3C(=O)O)c2)c1. The second-order valence-electron chi connectivity index (χ2n) is 5.64. The normalized spacial score (nSPS) is 10.3. The van der Waals surface area contributed by atoms with Crippen LogP contribution in [0, 0.1) is 6.92 Å². The van der Waals surface area contributed by atoms with Crippen LogP contribution in [0.3, 0.4) is 0 Å². The van der Waals surface area contributed by atoms with Crippen LogP contribution in [0.5, 0.6) is 0 Å². The minimum Gasteiger partial charge on any atom is -0.478 e. The average molecular weight is 332 g/mol. The van der Waals surface area contributed by atoms with Crippen LogP contribution in [-0.2, 0) is 0 Å². The smallest absolute Gasteiger partial charge is 0.337 e. The third-order valence-electron chi connectivity index (χ3n) is 3.74. The van der Waals surface area contributed by atoms with Crippen LogP contribution in [0.25, 0.3) is 11.1 Å². The van der Waals surface area contributed by atoms with Gasteiger partial charge in [-0.05, 0) is 48.4 Å². The molecule has 1 aromatic heterocycles. The van der Waals surface area contributed by atoms with Crippen molar-refractivity contribution < 1.29 is 14.7 Å². The molecule has 0 aliphatic carbocycles. The summed E-state index contributed by atoms with van der Waals surface area (Å²) in [6.45, 7) is 1.95. The van der Waals surface area contributed by atoms with Crippen molar-refractivity contribution in [1.82, 2.24) is 4.98 Å². The zero-order valence-corrected chi connectivity index (χ0v) is 13.6. The fourth-order valence-corrected chi connectivity index (χ4v) is 2.53. The summed E-state index contributed by atoms with van der Waals surface area (Å²) in [7, 11) is 0. The Hall–Kier alpha value is -3.47. The number of hydrogen-bond donors (Lipinski definition) is 2. The number of carbonyl (C=O) groups excluding carboxylic acids is 1. The van der Waals surface area contributed by atoms with Gasteiger partial charge in [-0.1, -0.05) is 24.3 Å². The zero-order chi connectivity index (χ0) is 17.8. The Morgan fingerprint density at radius 3 is 2.52 bits per heavy atom. The molecule has 25 heavy (non-hydrogen) atoms. The highest BCUT2D eigenvalue weighted by Crippen LogP contribution is 2.22. The molecule has 0 saturated heterocycles. The zero-order valence-electron chi connectivity index (χ0n) is 13.6. The molecule has 0 aliphatic rings. The average Bonchev–Trinajstić information content (AvgIpc) is 2.62. The van der Waals surface area contributed by atoms with Crippen molar-refractivity contribution in [1.29, 1.82) is 0 Å². The van der Waals surface area contributed by atoms with Crippen LogP contribution in [0.2, 0.25) is 0 Å². The highest BCUT2D eigenvalue weighted by Gasteiger charge is 2.13. The van der Waals surface area contributed by atoms with Gasteiger partial charge in [-0.3, -0.25) is 9.78 Å². The second-order valence-corrected chi connectivity index (χ2v) is 5.64. The van der Waals surface area contributed by atoms with E-state index in [4.69, 9.17) is 0 Å². The molecule has 0 spiro atoms. The number of aromatic nitrogens is 1. The highest BCUT2D eigenvalue weighted by atomic mass is 16.4. The van der Waals surface area contributed by atoms with Crippen molar-refractivity contribution in [2.45, 2.75) is 6.92 Å². The molecule has 124 valence electrons. The van der Waals surface area contributed by atoms with Crippen LogP contribution in [0.15, 0.2) is 67.0 Å². The summed E-state index contributed by atoms with van der Waals surface area (Å²) in [5.41, 5.74) is 3.58. The van der Waals surface area contributed by atoms with Gasteiger partial charge in [-0.2, -0.15) is 0 Å². The van der Waals surface area contributed by atoms with Gasteiger partial charge >= 0.3 is 5.97 Å². The van der Waals surface area contributed by atoms with E-state index in [1.807, 2.05) is 19.1 Å². The number of hydrogen-bond acceptors (Lipinski definition) is 3. The second kappa shape index (κ2) is 6.97. The van der Waals surface area contributed by atoms with E-state index in [0.717, 1.165) is 16.7 Å². The molecule has 0 saturated carbocycles. The van der Waals surface area contributed by atoms with E-state index in [0.29, 0.717) is 5.56 Å². The molecular formula is C20H16N2O3. The Kier molecular flexibility index (Phi) is 4.57. The fraction of sp³-hybridized carbons (Fsp3) is 0.0500. The van der Waals surface area contributed by atoms with Crippen LogP contribution in [0.1, 0.15) is 26.3 Å². The predicted octanol–water partition coefficient (Wildman–Crippen LogP) is 4.01. The molecule has 5 nitrogen and oxygen atoms in total. The van der Waals surface area contributed by atoms with Crippen molar-refractivity contribution in [2.24, 2.45) is 0 Å². The minimum atomic E-state index is -1.09. The number of anilines is 1. The lowest BCUT2D eigenvalue weighted by molar-refractivity contribution is 0.0698.